The van der Waals surface area contributed by atoms with Crippen molar-refractivity contribution in [2.45, 2.75) is 6.92 Å². The number of anilines is 2. The molecular weight excluding hydrogens is 300 g/mol. The molecule has 0 atom stereocenters. The average Bonchev–Trinajstić information content (AvgIpc) is 2.16. The van der Waals surface area contributed by atoms with Crippen molar-refractivity contribution in [3.05, 3.63) is 23.8 Å². The van der Waals surface area contributed by atoms with Gasteiger partial charge in [0.15, 0.2) is 5.78 Å². The lowest BCUT2D eigenvalue weighted by atomic mass is 10.1. The molecule has 0 amide bonds. The van der Waals surface area contributed by atoms with Gasteiger partial charge in [-0.1, -0.05) is 0 Å². The lowest BCUT2D eigenvalue weighted by Crippen LogP contribution is -1.97. The minimum absolute atomic E-state index is 0.0200. The molecule has 0 aromatic heterocycles. The molecule has 0 saturated carbocycles. The van der Waals surface area contributed by atoms with E-state index < -0.39 is 0 Å². The second kappa shape index (κ2) is 4.62. The number of rotatable bonds is 3. The SMILES string of the molecule is CC(=O)c1cc(NBr)ccc1NBr. The van der Waals surface area contributed by atoms with Gasteiger partial charge in [-0.2, -0.15) is 0 Å². The maximum Gasteiger partial charge on any atom is 0.161 e. The Bertz CT molecular complexity index is 328. The van der Waals surface area contributed by atoms with Crippen LogP contribution in [0.3, 0.4) is 0 Å². The molecule has 13 heavy (non-hydrogen) atoms. The van der Waals surface area contributed by atoms with Crippen molar-refractivity contribution in [3.63, 3.8) is 0 Å². The van der Waals surface area contributed by atoms with Gasteiger partial charge in [-0.05, 0) is 25.1 Å². The van der Waals surface area contributed by atoms with Crippen molar-refractivity contribution in [1.82, 2.24) is 0 Å². The second-order valence-corrected chi connectivity index (χ2v) is 3.30. The highest BCUT2D eigenvalue weighted by atomic mass is 79.9. The number of carbonyl (C=O) groups excluding carboxylic acids is 1. The van der Waals surface area contributed by atoms with Crippen LogP contribution in [-0.4, -0.2) is 5.78 Å². The van der Waals surface area contributed by atoms with Crippen molar-refractivity contribution >= 4 is 49.5 Å². The summed E-state index contributed by atoms with van der Waals surface area (Å²) in [7, 11) is 0. The first-order valence-corrected chi connectivity index (χ1v) is 5.16. The van der Waals surface area contributed by atoms with Gasteiger partial charge in [-0.25, -0.2) is 0 Å². The summed E-state index contributed by atoms with van der Waals surface area (Å²) >= 11 is 6.18. The molecule has 1 aromatic rings. The van der Waals surface area contributed by atoms with E-state index in [1.54, 1.807) is 6.07 Å². The van der Waals surface area contributed by atoms with Gasteiger partial charge in [0, 0.05) is 43.5 Å². The quantitative estimate of drug-likeness (QED) is 0.665. The fourth-order valence-electron chi connectivity index (χ4n) is 0.977. The summed E-state index contributed by atoms with van der Waals surface area (Å²) in [5, 5.41) is 0. The Hall–Kier alpha value is -0.550. The smallest absolute Gasteiger partial charge is 0.161 e. The van der Waals surface area contributed by atoms with Gasteiger partial charge in [-0.15, -0.1) is 0 Å². The Labute approximate surface area is 93.6 Å². The van der Waals surface area contributed by atoms with Gasteiger partial charge >= 0.3 is 0 Å². The zero-order valence-electron chi connectivity index (χ0n) is 6.90. The van der Waals surface area contributed by atoms with Crippen LogP contribution in [0.4, 0.5) is 11.4 Å². The molecule has 0 saturated heterocycles. The van der Waals surface area contributed by atoms with Crippen LogP contribution in [0.15, 0.2) is 18.2 Å². The van der Waals surface area contributed by atoms with Crippen molar-refractivity contribution in [3.8, 4) is 0 Å². The molecule has 0 unspecified atom stereocenters. The van der Waals surface area contributed by atoms with E-state index in [9.17, 15) is 4.79 Å². The molecule has 0 aliphatic heterocycles. The Morgan fingerprint density at radius 3 is 2.46 bits per heavy atom. The number of carbonyl (C=O) groups is 1. The third-order valence-corrected chi connectivity index (χ3v) is 2.49. The fraction of sp³-hybridized carbons (Fsp3) is 0.125. The largest absolute Gasteiger partial charge is 0.322 e. The van der Waals surface area contributed by atoms with Crippen molar-refractivity contribution in [1.29, 1.82) is 0 Å². The first-order valence-electron chi connectivity index (χ1n) is 3.57. The van der Waals surface area contributed by atoms with Crippen LogP contribution in [-0.2, 0) is 0 Å². The van der Waals surface area contributed by atoms with Crippen molar-refractivity contribution < 1.29 is 4.79 Å². The molecule has 3 nitrogen and oxygen atoms in total. The number of Topliss-reactive ketones (excluding diaryl/α,β-unsaturated/α-hetero) is 1. The van der Waals surface area contributed by atoms with E-state index in [2.05, 4.69) is 41.0 Å². The van der Waals surface area contributed by atoms with E-state index in [-0.39, 0.29) is 5.78 Å². The summed E-state index contributed by atoms with van der Waals surface area (Å²) in [6.45, 7) is 1.53. The Morgan fingerprint density at radius 2 is 2.00 bits per heavy atom. The highest BCUT2D eigenvalue weighted by molar-refractivity contribution is 9.10. The minimum atomic E-state index is 0.0200. The lowest BCUT2D eigenvalue weighted by molar-refractivity contribution is 0.101. The standard InChI is InChI=1S/C8H8Br2N2O/c1-5(13)7-4-6(11-9)2-3-8(7)12-10/h2-4,11-12H,1H3. The maximum absolute atomic E-state index is 11.2. The van der Waals surface area contributed by atoms with Crippen LogP contribution in [0.25, 0.3) is 0 Å². The third kappa shape index (κ3) is 2.45. The second-order valence-electron chi connectivity index (χ2n) is 2.51. The predicted octanol–water partition coefficient (Wildman–Crippen LogP) is 3.33. The molecule has 5 heteroatoms. The molecule has 0 aliphatic carbocycles. The van der Waals surface area contributed by atoms with E-state index in [1.165, 1.54) is 6.92 Å². The lowest BCUT2D eigenvalue weighted by Gasteiger charge is -2.06. The van der Waals surface area contributed by atoms with Crippen LogP contribution >= 0.6 is 32.3 Å². The first-order chi connectivity index (χ1) is 6.19. The van der Waals surface area contributed by atoms with Gasteiger partial charge in [0.05, 0.1) is 5.69 Å². The van der Waals surface area contributed by atoms with Crippen LogP contribution in [0.2, 0.25) is 0 Å². The monoisotopic (exact) mass is 306 g/mol. The summed E-state index contributed by atoms with van der Waals surface area (Å²) < 4.78 is 5.57. The first kappa shape index (κ1) is 10.5. The minimum Gasteiger partial charge on any atom is -0.322 e. The van der Waals surface area contributed by atoms with E-state index >= 15 is 0 Å². The van der Waals surface area contributed by atoms with Crippen molar-refractivity contribution in [2.24, 2.45) is 0 Å². The van der Waals surface area contributed by atoms with Gasteiger partial charge < -0.3 is 8.69 Å². The molecule has 0 radical (unpaired) electrons. The van der Waals surface area contributed by atoms with Crippen LogP contribution in [0, 0.1) is 0 Å². The molecule has 0 heterocycles. The molecule has 1 aromatic carbocycles. The highest BCUT2D eigenvalue weighted by Gasteiger charge is 2.06. The normalized spacial score (nSPS) is 9.46. The molecule has 0 bridgehead atoms. The molecule has 1 rings (SSSR count). The average molecular weight is 308 g/mol. The van der Waals surface area contributed by atoms with Crippen LogP contribution in [0.5, 0.6) is 0 Å². The number of ketones is 1. The molecule has 0 fully saturated rings. The number of benzene rings is 1. The molecule has 2 N–H and O–H groups in total. The summed E-state index contributed by atoms with van der Waals surface area (Å²) in [5.41, 5.74) is 2.25. The van der Waals surface area contributed by atoms with E-state index in [4.69, 9.17) is 0 Å². The van der Waals surface area contributed by atoms with E-state index in [0.717, 1.165) is 11.4 Å². The Morgan fingerprint density at radius 1 is 1.31 bits per heavy atom. The fourth-order valence-corrected chi connectivity index (χ4v) is 1.57. The van der Waals surface area contributed by atoms with Crippen molar-refractivity contribution in [2.75, 3.05) is 8.69 Å². The summed E-state index contributed by atoms with van der Waals surface area (Å²) in [6, 6.07) is 5.43. The number of hydrogen-bond acceptors (Lipinski definition) is 3. The topological polar surface area (TPSA) is 41.1 Å². The summed E-state index contributed by atoms with van der Waals surface area (Å²) in [6.07, 6.45) is 0. The van der Waals surface area contributed by atoms with Gasteiger partial charge in [0.25, 0.3) is 0 Å². The summed E-state index contributed by atoms with van der Waals surface area (Å²) in [5.74, 6) is 0.0200. The third-order valence-electron chi connectivity index (χ3n) is 1.61. The van der Waals surface area contributed by atoms with Crippen LogP contribution < -0.4 is 8.69 Å². The molecule has 0 aliphatic rings. The predicted molar refractivity (Wildman–Crippen MR) is 61.5 cm³/mol. The Balaban J connectivity index is 3.18. The summed E-state index contributed by atoms with van der Waals surface area (Å²) in [4.78, 5) is 11.2. The molecule has 0 spiro atoms. The van der Waals surface area contributed by atoms with E-state index in [0.29, 0.717) is 5.56 Å². The number of hydrogen-bond donors (Lipinski definition) is 2. The zero-order valence-corrected chi connectivity index (χ0v) is 10.1. The highest BCUT2D eigenvalue weighted by Crippen LogP contribution is 2.22. The van der Waals surface area contributed by atoms with Gasteiger partial charge in [-0.3, -0.25) is 4.79 Å². The zero-order chi connectivity index (χ0) is 9.84. The van der Waals surface area contributed by atoms with Crippen LogP contribution in [0.1, 0.15) is 17.3 Å². The van der Waals surface area contributed by atoms with E-state index in [1.807, 2.05) is 12.1 Å². The number of halogens is 2. The van der Waals surface area contributed by atoms with Gasteiger partial charge in [0.2, 0.25) is 0 Å². The molecular formula is C8H8Br2N2O. The van der Waals surface area contributed by atoms with Gasteiger partial charge in [0.1, 0.15) is 0 Å². The Kier molecular flexibility index (Phi) is 3.74. The molecule has 70 valence electrons. The maximum atomic E-state index is 11.2. The number of nitrogens with one attached hydrogen (secondary N) is 2.